The van der Waals surface area contributed by atoms with Gasteiger partial charge in [0.05, 0.1) is 15.7 Å². The quantitative estimate of drug-likeness (QED) is 0.255. The van der Waals surface area contributed by atoms with Crippen LogP contribution in [0.5, 0.6) is 5.75 Å². The van der Waals surface area contributed by atoms with Gasteiger partial charge in [-0.3, -0.25) is 14.9 Å². The summed E-state index contributed by atoms with van der Waals surface area (Å²) < 4.78 is 15.6. The normalized spacial score (nSPS) is 11.4. The van der Waals surface area contributed by atoms with Crippen molar-refractivity contribution in [3.05, 3.63) is 64.2 Å². The van der Waals surface area contributed by atoms with Crippen molar-refractivity contribution in [2.45, 2.75) is 58.4 Å². The first-order valence-corrected chi connectivity index (χ1v) is 12.5. The molecule has 0 radical (unpaired) electrons. The van der Waals surface area contributed by atoms with Crippen molar-refractivity contribution < 1.29 is 14.3 Å². The highest BCUT2D eigenvalue weighted by atomic mass is 32.1. The maximum absolute atomic E-state index is 13.5. The number of amides is 1. The monoisotopic (exact) mass is 481 g/mol. The van der Waals surface area contributed by atoms with E-state index in [-0.39, 0.29) is 16.4 Å². The molecule has 6 nitrogen and oxygen atoms in total. The Kier molecular flexibility index (Phi) is 7.57. The van der Waals surface area contributed by atoms with Crippen LogP contribution in [0, 0.1) is 5.82 Å². The highest BCUT2D eigenvalue weighted by Gasteiger charge is 2.23. The fourth-order valence-electron chi connectivity index (χ4n) is 4.15. The zero-order chi connectivity index (χ0) is 24.1. The molecule has 0 aliphatic carbocycles. The lowest BCUT2D eigenvalue weighted by Gasteiger charge is -2.14. The number of aromatic nitrogens is 2. The number of carbonyl (C=O) groups excluding carboxylic acids is 1. The van der Waals surface area contributed by atoms with Crippen molar-refractivity contribution in [1.82, 2.24) is 9.55 Å². The molecule has 0 aliphatic heterocycles. The smallest absolute Gasteiger partial charge is 0.267 e. The molecule has 0 aliphatic rings. The predicted molar refractivity (Wildman–Crippen MR) is 135 cm³/mol. The van der Waals surface area contributed by atoms with Gasteiger partial charge in [0, 0.05) is 11.9 Å². The summed E-state index contributed by atoms with van der Waals surface area (Å²) in [6, 6.07) is 11.2. The summed E-state index contributed by atoms with van der Waals surface area (Å²) in [5, 5.41) is 14.1. The second-order valence-electron chi connectivity index (χ2n) is 8.40. The van der Waals surface area contributed by atoms with Crippen LogP contribution >= 0.6 is 11.3 Å². The van der Waals surface area contributed by atoms with Crippen LogP contribution in [-0.2, 0) is 6.54 Å². The van der Waals surface area contributed by atoms with E-state index in [1.165, 1.54) is 43.9 Å². The number of pyridine rings is 1. The number of nitrogens with zero attached hydrogens (tertiary/aromatic N) is 2. The number of para-hydroxylation sites is 1. The summed E-state index contributed by atoms with van der Waals surface area (Å²) in [6.07, 6.45) is 7.76. The van der Waals surface area contributed by atoms with Gasteiger partial charge in [-0.25, -0.2) is 9.37 Å². The van der Waals surface area contributed by atoms with Gasteiger partial charge in [0.15, 0.2) is 5.13 Å². The van der Waals surface area contributed by atoms with E-state index in [2.05, 4.69) is 17.2 Å². The summed E-state index contributed by atoms with van der Waals surface area (Å²) in [6.45, 7) is 2.65. The first-order valence-electron chi connectivity index (χ1n) is 11.7. The molecule has 2 aromatic heterocycles. The largest absolute Gasteiger partial charge is 0.506 e. The third kappa shape index (κ3) is 5.12. The highest BCUT2D eigenvalue weighted by molar-refractivity contribution is 7.22. The number of carbonyl (C=O) groups is 1. The zero-order valence-electron chi connectivity index (χ0n) is 19.1. The van der Waals surface area contributed by atoms with Crippen molar-refractivity contribution in [1.29, 1.82) is 0 Å². The van der Waals surface area contributed by atoms with Gasteiger partial charge in [-0.1, -0.05) is 68.9 Å². The predicted octanol–water partition coefficient (Wildman–Crippen LogP) is 6.46. The molecule has 0 fully saturated rings. The third-order valence-electron chi connectivity index (χ3n) is 5.93. The van der Waals surface area contributed by atoms with E-state index in [0.717, 1.165) is 30.6 Å². The molecule has 0 bridgehead atoms. The lowest BCUT2D eigenvalue weighted by molar-refractivity contribution is 0.102. The van der Waals surface area contributed by atoms with Crippen LogP contribution in [-0.4, -0.2) is 20.6 Å². The molecule has 4 rings (SSSR count). The topological polar surface area (TPSA) is 84.2 Å². The minimum absolute atomic E-state index is 0.233. The minimum Gasteiger partial charge on any atom is -0.506 e. The van der Waals surface area contributed by atoms with Gasteiger partial charge in [0.25, 0.3) is 11.5 Å². The number of unbranched alkanes of at least 4 members (excludes halogenated alkanes) is 6. The van der Waals surface area contributed by atoms with Gasteiger partial charge in [0.2, 0.25) is 0 Å². The number of anilines is 1. The second kappa shape index (κ2) is 10.8. The van der Waals surface area contributed by atoms with Gasteiger partial charge in [-0.15, -0.1) is 0 Å². The van der Waals surface area contributed by atoms with Crippen LogP contribution in [0.3, 0.4) is 0 Å². The van der Waals surface area contributed by atoms with Crippen molar-refractivity contribution in [2.24, 2.45) is 0 Å². The van der Waals surface area contributed by atoms with Crippen molar-refractivity contribution in [2.75, 3.05) is 5.32 Å². The number of nitrogens with one attached hydrogen (secondary N) is 1. The van der Waals surface area contributed by atoms with Gasteiger partial charge in [0.1, 0.15) is 17.1 Å². The molecule has 8 heteroatoms. The van der Waals surface area contributed by atoms with Crippen LogP contribution < -0.4 is 10.9 Å². The van der Waals surface area contributed by atoms with Crippen LogP contribution in [0.25, 0.3) is 21.1 Å². The molecule has 0 atom stereocenters. The number of hydrogen-bond acceptors (Lipinski definition) is 5. The summed E-state index contributed by atoms with van der Waals surface area (Å²) >= 11 is 1.11. The van der Waals surface area contributed by atoms with Crippen molar-refractivity contribution >= 4 is 43.5 Å². The van der Waals surface area contributed by atoms with Crippen molar-refractivity contribution in [3.63, 3.8) is 0 Å². The number of aryl methyl sites for hydroxylation is 1. The standard InChI is InChI=1S/C26H28FN3O3S/c1-2-3-4-5-6-7-10-15-30-20-12-9-8-11-18(20)23(31)22(25(30)33)24(32)29-26-28-19-14-13-17(27)16-21(19)34-26/h8-9,11-14,16,31H,2-7,10,15H2,1H3,(H,28,29,32). The number of benzene rings is 2. The number of aromatic hydroxyl groups is 1. The van der Waals surface area contributed by atoms with Crippen LogP contribution in [0.2, 0.25) is 0 Å². The average molecular weight is 482 g/mol. The Morgan fingerprint density at radius 2 is 1.82 bits per heavy atom. The van der Waals surface area contributed by atoms with E-state index in [4.69, 9.17) is 0 Å². The Balaban J connectivity index is 1.59. The first kappa shape index (κ1) is 23.9. The number of rotatable bonds is 10. The first-order chi connectivity index (χ1) is 16.5. The van der Waals surface area contributed by atoms with Gasteiger partial charge in [-0.05, 0) is 36.8 Å². The van der Waals surface area contributed by atoms with E-state index in [1.54, 1.807) is 22.8 Å². The molecule has 2 N–H and O–H groups in total. The molecule has 0 saturated heterocycles. The molecule has 2 heterocycles. The third-order valence-corrected chi connectivity index (χ3v) is 6.86. The SMILES string of the molecule is CCCCCCCCCn1c(=O)c(C(=O)Nc2nc3ccc(F)cc3s2)c(O)c2ccccc21. The molecule has 178 valence electrons. The minimum atomic E-state index is -0.735. The lowest BCUT2D eigenvalue weighted by Crippen LogP contribution is -2.30. The molecule has 0 spiro atoms. The molecular formula is C26H28FN3O3S. The lowest BCUT2D eigenvalue weighted by atomic mass is 10.1. The van der Waals surface area contributed by atoms with E-state index >= 15 is 0 Å². The molecule has 0 unspecified atom stereocenters. The van der Waals surface area contributed by atoms with E-state index < -0.39 is 17.3 Å². The average Bonchev–Trinajstić information content (AvgIpc) is 3.21. The zero-order valence-corrected chi connectivity index (χ0v) is 20.0. The van der Waals surface area contributed by atoms with Gasteiger partial charge >= 0.3 is 0 Å². The number of halogens is 1. The molecule has 2 aromatic carbocycles. The van der Waals surface area contributed by atoms with Crippen molar-refractivity contribution in [3.8, 4) is 5.75 Å². The van der Waals surface area contributed by atoms with E-state index in [0.29, 0.717) is 27.7 Å². The highest BCUT2D eigenvalue weighted by Crippen LogP contribution is 2.30. The summed E-state index contributed by atoms with van der Waals surface area (Å²) in [4.78, 5) is 30.7. The van der Waals surface area contributed by atoms with Gasteiger partial charge in [-0.2, -0.15) is 0 Å². The van der Waals surface area contributed by atoms with E-state index in [9.17, 15) is 19.1 Å². The Morgan fingerprint density at radius 3 is 2.62 bits per heavy atom. The van der Waals surface area contributed by atoms with Crippen LogP contribution in [0.15, 0.2) is 47.3 Å². The summed E-state index contributed by atoms with van der Waals surface area (Å²) in [5.74, 6) is -1.48. The number of thiazole rings is 1. The summed E-state index contributed by atoms with van der Waals surface area (Å²) in [5.41, 5.74) is 0.294. The molecule has 0 saturated carbocycles. The van der Waals surface area contributed by atoms with E-state index in [1.807, 2.05) is 6.07 Å². The summed E-state index contributed by atoms with van der Waals surface area (Å²) in [7, 11) is 0. The number of fused-ring (bicyclic) bond motifs is 2. The Labute approximate surface area is 201 Å². The molecular weight excluding hydrogens is 453 g/mol. The molecule has 1 amide bonds. The molecule has 4 aromatic rings. The van der Waals surface area contributed by atoms with Crippen LogP contribution in [0.1, 0.15) is 62.2 Å². The van der Waals surface area contributed by atoms with Gasteiger partial charge < -0.3 is 9.67 Å². The Morgan fingerprint density at radius 1 is 1.09 bits per heavy atom. The second-order valence-corrected chi connectivity index (χ2v) is 9.43. The number of hydrogen-bond donors (Lipinski definition) is 2. The maximum atomic E-state index is 13.5. The Bertz CT molecular complexity index is 1380. The Hall–Kier alpha value is -3.26. The van der Waals surface area contributed by atoms with Crippen LogP contribution in [0.4, 0.5) is 9.52 Å². The fraction of sp³-hybridized carbons (Fsp3) is 0.346. The maximum Gasteiger partial charge on any atom is 0.267 e. The fourth-order valence-corrected chi connectivity index (χ4v) is 5.04. The molecule has 34 heavy (non-hydrogen) atoms.